The van der Waals surface area contributed by atoms with E-state index in [1.165, 1.54) is 23.7 Å². The Morgan fingerprint density at radius 1 is 0.967 bits per heavy atom. The number of rotatable bonds is 5. The van der Waals surface area contributed by atoms with E-state index in [0.717, 1.165) is 4.68 Å². The second kappa shape index (κ2) is 6.81. The number of nitrogens with zero attached hydrogens (tertiary/aromatic N) is 5. The average molecular weight is 406 g/mol. The Morgan fingerprint density at radius 3 is 2.27 bits per heavy atom. The highest BCUT2D eigenvalue weighted by Gasteiger charge is 2.31. The molecule has 0 saturated heterocycles. The summed E-state index contributed by atoms with van der Waals surface area (Å²) >= 11 is 0. The van der Waals surface area contributed by atoms with Crippen molar-refractivity contribution in [3.05, 3.63) is 59.5 Å². The van der Waals surface area contributed by atoms with E-state index in [4.69, 9.17) is 5.73 Å². The van der Waals surface area contributed by atoms with Crippen LogP contribution >= 0.6 is 0 Å². The van der Waals surface area contributed by atoms with Crippen LogP contribution in [0.5, 0.6) is 0 Å². The number of aromatic carboxylic acids is 2. The molecule has 3 heterocycles. The maximum Gasteiger partial charge on any atom is 0.355 e. The van der Waals surface area contributed by atoms with Gasteiger partial charge in [-0.2, -0.15) is 5.10 Å². The highest BCUT2D eigenvalue weighted by Crippen LogP contribution is 2.34. The van der Waals surface area contributed by atoms with Crippen LogP contribution in [0.1, 0.15) is 31.3 Å². The van der Waals surface area contributed by atoms with Gasteiger partial charge < -0.3 is 15.9 Å². The molecule has 4 N–H and O–H groups in total. The van der Waals surface area contributed by atoms with Crippen LogP contribution in [-0.2, 0) is 7.05 Å². The van der Waals surface area contributed by atoms with Crippen molar-refractivity contribution in [2.75, 3.05) is 0 Å². The lowest BCUT2D eigenvalue weighted by atomic mass is 10.0. The zero-order valence-electron chi connectivity index (χ0n) is 15.5. The number of hydrogen-bond acceptors (Lipinski definition) is 6. The van der Waals surface area contributed by atoms with Gasteiger partial charge in [0.1, 0.15) is 28.3 Å². The monoisotopic (exact) mass is 406 g/mol. The van der Waals surface area contributed by atoms with E-state index in [2.05, 4.69) is 15.1 Å². The van der Waals surface area contributed by atoms with E-state index in [-0.39, 0.29) is 22.9 Å². The normalized spacial score (nSPS) is 11.0. The van der Waals surface area contributed by atoms with Crippen molar-refractivity contribution in [1.82, 2.24) is 24.1 Å². The molecule has 3 aromatic heterocycles. The fraction of sp³-hybridized carbons (Fsp3) is 0.0526. The van der Waals surface area contributed by atoms with E-state index in [1.807, 2.05) is 0 Å². The van der Waals surface area contributed by atoms with Gasteiger partial charge in [0.25, 0.3) is 5.91 Å². The lowest BCUT2D eigenvalue weighted by Gasteiger charge is -2.04. The predicted octanol–water partition coefficient (Wildman–Crippen LogP) is 1.29. The van der Waals surface area contributed by atoms with E-state index in [1.54, 1.807) is 30.3 Å². The maximum atomic E-state index is 12.0. The molecule has 0 aliphatic carbocycles. The van der Waals surface area contributed by atoms with Gasteiger partial charge in [-0.15, -0.1) is 0 Å². The number of carboxylic acids is 2. The van der Waals surface area contributed by atoms with Crippen molar-refractivity contribution in [3.63, 3.8) is 0 Å². The lowest BCUT2D eigenvalue weighted by molar-refractivity contribution is 0.0644. The number of hydrogen-bond donors (Lipinski definition) is 3. The smallest absolute Gasteiger partial charge is 0.355 e. The van der Waals surface area contributed by atoms with Crippen LogP contribution in [0, 0.1) is 0 Å². The van der Waals surface area contributed by atoms with Gasteiger partial charge in [-0.25, -0.2) is 19.6 Å². The topological polar surface area (TPSA) is 166 Å². The molecule has 0 unspecified atom stereocenters. The number of aromatic nitrogens is 5. The summed E-state index contributed by atoms with van der Waals surface area (Å²) in [5, 5.41) is 23.4. The Labute approximate surface area is 168 Å². The number of imidazole rings is 1. The van der Waals surface area contributed by atoms with Crippen molar-refractivity contribution in [2.24, 2.45) is 12.8 Å². The molecule has 0 bridgehead atoms. The first kappa shape index (κ1) is 18.8. The number of carbonyl (C=O) groups is 3. The third kappa shape index (κ3) is 2.85. The predicted molar refractivity (Wildman–Crippen MR) is 103 cm³/mol. The molecule has 11 heteroatoms. The number of fused-ring (bicyclic) bond motifs is 1. The van der Waals surface area contributed by atoms with Crippen LogP contribution in [-0.4, -0.2) is 52.2 Å². The quantitative estimate of drug-likeness (QED) is 0.446. The first-order valence-electron chi connectivity index (χ1n) is 8.58. The van der Waals surface area contributed by atoms with Crippen LogP contribution in [0.15, 0.2) is 42.6 Å². The Balaban J connectivity index is 2.13. The molecule has 150 valence electrons. The van der Waals surface area contributed by atoms with Crippen molar-refractivity contribution in [2.45, 2.75) is 0 Å². The minimum atomic E-state index is -1.45. The minimum absolute atomic E-state index is 0.0237. The van der Waals surface area contributed by atoms with Gasteiger partial charge in [0.2, 0.25) is 5.78 Å². The third-order valence-electron chi connectivity index (χ3n) is 4.48. The second-order valence-corrected chi connectivity index (χ2v) is 6.33. The number of primary amides is 1. The van der Waals surface area contributed by atoms with E-state index in [0.29, 0.717) is 11.3 Å². The highest BCUT2D eigenvalue weighted by molar-refractivity contribution is 6.06. The molecule has 4 aromatic rings. The first-order chi connectivity index (χ1) is 14.3. The molecular formula is C19H14N6O5. The highest BCUT2D eigenvalue weighted by atomic mass is 16.4. The Hall–Kier alpha value is -4.54. The van der Waals surface area contributed by atoms with Crippen molar-refractivity contribution >= 4 is 23.6 Å². The van der Waals surface area contributed by atoms with E-state index in [9.17, 15) is 24.6 Å². The number of amides is 1. The standard InChI is InChI=1S/C19H14N6O5/c1-24-14(18(29)30)11(17(27)28)13(23-24)15-12(9-5-3-2-4-6-9)22-19-21-10(16(20)26)7-8-25(15)19/h2-8H,1H3,(H2,20,26)(H,27,28)(H,29,30). The SMILES string of the molecule is Cn1nc(-c2c(-c3ccccc3)nc3nc(C(N)=O)ccn23)c(C(=O)O)c1C(=O)O. The van der Waals surface area contributed by atoms with Crippen molar-refractivity contribution in [1.29, 1.82) is 0 Å². The van der Waals surface area contributed by atoms with Gasteiger partial charge in [-0.3, -0.25) is 13.9 Å². The molecule has 0 saturated carbocycles. The molecule has 1 aromatic carbocycles. The van der Waals surface area contributed by atoms with Gasteiger partial charge >= 0.3 is 11.9 Å². The van der Waals surface area contributed by atoms with E-state index < -0.39 is 29.1 Å². The first-order valence-corrected chi connectivity index (χ1v) is 8.58. The summed E-state index contributed by atoms with van der Waals surface area (Å²) in [5.41, 5.74) is 5.38. The number of carbonyl (C=O) groups excluding carboxylic acids is 1. The lowest BCUT2D eigenvalue weighted by Crippen LogP contribution is -2.13. The number of benzene rings is 1. The van der Waals surface area contributed by atoms with Crippen LogP contribution in [0.4, 0.5) is 0 Å². The molecule has 0 spiro atoms. The molecule has 30 heavy (non-hydrogen) atoms. The fourth-order valence-corrected chi connectivity index (χ4v) is 3.23. The Bertz CT molecular complexity index is 1340. The Kier molecular flexibility index (Phi) is 4.27. The van der Waals surface area contributed by atoms with Gasteiger partial charge in [0, 0.05) is 18.8 Å². The van der Waals surface area contributed by atoms with Crippen LogP contribution < -0.4 is 5.73 Å². The fourth-order valence-electron chi connectivity index (χ4n) is 3.23. The molecule has 0 atom stereocenters. The van der Waals surface area contributed by atoms with Crippen molar-refractivity contribution in [3.8, 4) is 22.6 Å². The van der Waals surface area contributed by atoms with Gasteiger partial charge in [0.15, 0.2) is 5.69 Å². The summed E-state index contributed by atoms with van der Waals surface area (Å²) in [6.45, 7) is 0. The van der Waals surface area contributed by atoms with Crippen LogP contribution in [0.3, 0.4) is 0 Å². The molecule has 0 radical (unpaired) electrons. The van der Waals surface area contributed by atoms with Crippen molar-refractivity contribution < 1.29 is 24.6 Å². The second-order valence-electron chi connectivity index (χ2n) is 6.33. The molecule has 0 fully saturated rings. The number of aryl methyl sites for hydroxylation is 1. The van der Waals surface area contributed by atoms with Gasteiger partial charge in [-0.1, -0.05) is 30.3 Å². The van der Waals surface area contributed by atoms with E-state index >= 15 is 0 Å². The summed E-state index contributed by atoms with van der Waals surface area (Å²) in [5.74, 6) is -3.55. The zero-order valence-corrected chi connectivity index (χ0v) is 15.5. The van der Waals surface area contributed by atoms with Crippen LogP contribution in [0.2, 0.25) is 0 Å². The largest absolute Gasteiger partial charge is 0.478 e. The summed E-state index contributed by atoms with van der Waals surface area (Å²) in [6.07, 6.45) is 1.46. The zero-order chi connectivity index (χ0) is 21.6. The minimum Gasteiger partial charge on any atom is -0.478 e. The summed E-state index contributed by atoms with van der Waals surface area (Å²) in [4.78, 5) is 43.7. The van der Waals surface area contributed by atoms with Crippen LogP contribution in [0.25, 0.3) is 28.4 Å². The third-order valence-corrected chi connectivity index (χ3v) is 4.48. The number of carboxylic acid groups (broad SMARTS) is 2. The molecule has 0 aliphatic heterocycles. The average Bonchev–Trinajstić information content (AvgIpc) is 3.25. The Morgan fingerprint density at radius 2 is 1.67 bits per heavy atom. The molecular weight excluding hydrogens is 392 g/mol. The molecule has 11 nitrogen and oxygen atoms in total. The maximum absolute atomic E-state index is 12.0. The van der Waals surface area contributed by atoms with Gasteiger partial charge in [0.05, 0.1) is 0 Å². The summed E-state index contributed by atoms with van der Waals surface area (Å²) in [6, 6.07) is 10.2. The molecule has 0 aliphatic rings. The molecule has 1 amide bonds. The van der Waals surface area contributed by atoms with Gasteiger partial charge in [-0.05, 0) is 6.07 Å². The summed E-state index contributed by atoms with van der Waals surface area (Å²) < 4.78 is 2.43. The summed E-state index contributed by atoms with van der Waals surface area (Å²) in [7, 11) is 1.34. The molecule has 4 rings (SSSR count). The number of nitrogens with two attached hydrogens (primary N) is 1.